The second-order valence-corrected chi connectivity index (χ2v) is 5.07. The van der Waals surface area contributed by atoms with E-state index in [-0.39, 0.29) is 12.6 Å². The Hall–Kier alpha value is -1.38. The Morgan fingerprint density at radius 3 is 2.83 bits per heavy atom. The van der Waals surface area contributed by atoms with Crippen molar-refractivity contribution in [3.8, 4) is 0 Å². The summed E-state index contributed by atoms with van der Waals surface area (Å²) in [4.78, 5) is 27.8. The van der Waals surface area contributed by atoms with Gasteiger partial charge in [-0.1, -0.05) is 6.92 Å². The first-order chi connectivity index (χ1) is 8.41. The molecular weight excluding hydrogens is 349 g/mol. The summed E-state index contributed by atoms with van der Waals surface area (Å²) in [5.74, 6) is -1.52. The highest BCUT2D eigenvalue weighted by Crippen LogP contribution is 2.16. The topological polar surface area (TPSA) is 82.5 Å². The van der Waals surface area contributed by atoms with Crippen molar-refractivity contribution in [3.63, 3.8) is 0 Å². The zero-order valence-electron chi connectivity index (χ0n) is 10.1. The van der Waals surface area contributed by atoms with E-state index in [9.17, 15) is 9.59 Å². The maximum absolute atomic E-state index is 11.8. The number of hydrogen-bond donors (Lipinski definition) is 2. The SMILES string of the molecule is CC(CN(C)C(=O)Nc1ccncc1I)C(=O)O. The van der Waals surface area contributed by atoms with Crippen LogP contribution in [0.4, 0.5) is 10.5 Å². The summed E-state index contributed by atoms with van der Waals surface area (Å²) in [5, 5.41) is 11.5. The molecule has 0 bridgehead atoms. The number of aromatic nitrogens is 1. The summed E-state index contributed by atoms with van der Waals surface area (Å²) in [6.45, 7) is 1.71. The number of carbonyl (C=O) groups is 2. The molecule has 2 N–H and O–H groups in total. The maximum atomic E-state index is 11.8. The quantitative estimate of drug-likeness (QED) is 0.801. The van der Waals surface area contributed by atoms with Crippen LogP contribution in [-0.2, 0) is 4.79 Å². The first-order valence-electron chi connectivity index (χ1n) is 5.26. The zero-order chi connectivity index (χ0) is 13.7. The number of halogens is 1. The summed E-state index contributed by atoms with van der Waals surface area (Å²) in [6, 6.07) is 1.35. The first kappa shape index (κ1) is 14.7. The number of carbonyl (C=O) groups excluding carboxylic acids is 1. The lowest BCUT2D eigenvalue weighted by Gasteiger charge is -2.20. The van der Waals surface area contributed by atoms with Gasteiger partial charge in [-0.25, -0.2) is 4.79 Å². The molecule has 98 valence electrons. The van der Waals surface area contributed by atoms with Crippen LogP contribution in [0, 0.1) is 9.49 Å². The van der Waals surface area contributed by atoms with Crippen molar-refractivity contribution in [1.82, 2.24) is 9.88 Å². The number of hydrogen-bond acceptors (Lipinski definition) is 3. The minimum Gasteiger partial charge on any atom is -0.481 e. The fourth-order valence-electron chi connectivity index (χ4n) is 1.26. The van der Waals surface area contributed by atoms with E-state index in [0.717, 1.165) is 3.57 Å². The van der Waals surface area contributed by atoms with Crippen molar-refractivity contribution in [2.24, 2.45) is 5.92 Å². The molecule has 2 amide bonds. The Morgan fingerprint density at radius 2 is 2.28 bits per heavy atom. The molecule has 0 spiro atoms. The molecule has 1 rings (SSSR count). The molecule has 1 unspecified atom stereocenters. The van der Waals surface area contributed by atoms with Gasteiger partial charge < -0.3 is 15.3 Å². The van der Waals surface area contributed by atoms with Gasteiger partial charge >= 0.3 is 12.0 Å². The van der Waals surface area contributed by atoms with Crippen molar-refractivity contribution in [3.05, 3.63) is 22.0 Å². The molecule has 0 aliphatic heterocycles. The molecule has 7 heteroatoms. The molecule has 0 fully saturated rings. The molecule has 1 aromatic heterocycles. The van der Waals surface area contributed by atoms with Gasteiger partial charge in [0.25, 0.3) is 0 Å². The number of pyridine rings is 1. The molecule has 0 saturated heterocycles. The molecular formula is C11H14IN3O3. The van der Waals surface area contributed by atoms with E-state index in [0.29, 0.717) is 5.69 Å². The van der Waals surface area contributed by atoms with Gasteiger partial charge in [-0.15, -0.1) is 0 Å². The predicted octanol–water partition coefficient (Wildman–Crippen LogP) is 1.87. The van der Waals surface area contributed by atoms with Crippen molar-refractivity contribution >= 4 is 40.3 Å². The standard InChI is InChI=1S/C11H14IN3O3/c1-7(10(16)17)6-15(2)11(18)14-9-3-4-13-5-8(9)12/h3-5,7H,6H2,1-2H3,(H,16,17)(H,13,14,18). The van der Waals surface area contributed by atoms with Crippen LogP contribution in [0.15, 0.2) is 18.5 Å². The number of nitrogens with one attached hydrogen (secondary N) is 1. The Morgan fingerprint density at radius 1 is 1.61 bits per heavy atom. The zero-order valence-corrected chi connectivity index (χ0v) is 12.2. The Labute approximate surface area is 119 Å². The smallest absolute Gasteiger partial charge is 0.321 e. The third-order valence-electron chi connectivity index (χ3n) is 2.33. The maximum Gasteiger partial charge on any atom is 0.321 e. The van der Waals surface area contributed by atoms with Crippen LogP contribution in [0.25, 0.3) is 0 Å². The third kappa shape index (κ3) is 4.13. The van der Waals surface area contributed by atoms with Crippen LogP contribution < -0.4 is 5.32 Å². The molecule has 18 heavy (non-hydrogen) atoms. The Kier molecular flexibility index (Phi) is 5.32. The first-order valence-corrected chi connectivity index (χ1v) is 6.34. The van der Waals surface area contributed by atoms with E-state index in [2.05, 4.69) is 32.9 Å². The fraction of sp³-hybridized carbons (Fsp3) is 0.364. The van der Waals surface area contributed by atoms with Crippen LogP contribution in [0.1, 0.15) is 6.92 Å². The predicted molar refractivity (Wildman–Crippen MR) is 75.4 cm³/mol. The van der Waals surface area contributed by atoms with Gasteiger partial charge in [0.1, 0.15) is 0 Å². The van der Waals surface area contributed by atoms with E-state index >= 15 is 0 Å². The third-order valence-corrected chi connectivity index (χ3v) is 3.19. The monoisotopic (exact) mass is 363 g/mol. The van der Waals surface area contributed by atoms with Gasteiger partial charge in [0.05, 0.1) is 15.2 Å². The van der Waals surface area contributed by atoms with Gasteiger partial charge in [0.15, 0.2) is 0 Å². The van der Waals surface area contributed by atoms with Crippen molar-refractivity contribution < 1.29 is 14.7 Å². The number of nitrogens with zero attached hydrogens (tertiary/aromatic N) is 2. The molecule has 0 aliphatic carbocycles. The number of anilines is 1. The lowest BCUT2D eigenvalue weighted by atomic mass is 10.2. The highest BCUT2D eigenvalue weighted by Gasteiger charge is 2.17. The minimum absolute atomic E-state index is 0.156. The second-order valence-electron chi connectivity index (χ2n) is 3.91. The summed E-state index contributed by atoms with van der Waals surface area (Å²) >= 11 is 2.06. The largest absolute Gasteiger partial charge is 0.481 e. The molecule has 0 aromatic carbocycles. The molecule has 1 atom stereocenters. The molecule has 0 saturated carbocycles. The van der Waals surface area contributed by atoms with E-state index in [1.807, 2.05) is 0 Å². The summed E-state index contributed by atoms with van der Waals surface area (Å²) < 4.78 is 0.822. The lowest BCUT2D eigenvalue weighted by molar-refractivity contribution is -0.141. The highest BCUT2D eigenvalue weighted by molar-refractivity contribution is 14.1. The Bertz CT molecular complexity index is 453. The van der Waals surface area contributed by atoms with Gasteiger partial charge in [-0.3, -0.25) is 9.78 Å². The van der Waals surface area contributed by atoms with E-state index in [1.54, 1.807) is 32.4 Å². The number of rotatable bonds is 4. The van der Waals surface area contributed by atoms with Crippen LogP contribution in [0.2, 0.25) is 0 Å². The van der Waals surface area contributed by atoms with Crippen LogP contribution in [0.5, 0.6) is 0 Å². The molecule has 0 radical (unpaired) electrons. The summed E-state index contributed by atoms with van der Waals surface area (Å²) in [5.41, 5.74) is 0.658. The summed E-state index contributed by atoms with van der Waals surface area (Å²) in [6.07, 6.45) is 3.22. The van der Waals surface area contributed by atoms with E-state index in [1.165, 1.54) is 4.90 Å². The van der Waals surface area contributed by atoms with Gasteiger partial charge in [0.2, 0.25) is 0 Å². The van der Waals surface area contributed by atoms with Crippen LogP contribution >= 0.6 is 22.6 Å². The molecule has 1 heterocycles. The highest BCUT2D eigenvalue weighted by atomic mass is 127. The number of carboxylic acids is 1. The lowest BCUT2D eigenvalue weighted by Crippen LogP contribution is -2.36. The number of urea groups is 1. The number of amides is 2. The van der Waals surface area contributed by atoms with Crippen LogP contribution in [0.3, 0.4) is 0 Å². The van der Waals surface area contributed by atoms with Gasteiger partial charge in [-0.2, -0.15) is 0 Å². The van der Waals surface area contributed by atoms with Gasteiger partial charge in [-0.05, 0) is 28.7 Å². The number of aliphatic carboxylic acids is 1. The molecule has 1 aromatic rings. The van der Waals surface area contributed by atoms with Crippen molar-refractivity contribution in [2.45, 2.75) is 6.92 Å². The fourth-order valence-corrected chi connectivity index (χ4v) is 1.73. The molecule has 6 nitrogen and oxygen atoms in total. The minimum atomic E-state index is -0.923. The summed E-state index contributed by atoms with van der Waals surface area (Å²) in [7, 11) is 1.56. The van der Waals surface area contributed by atoms with Crippen molar-refractivity contribution in [2.75, 3.05) is 18.9 Å². The molecule has 0 aliphatic rings. The van der Waals surface area contributed by atoms with E-state index < -0.39 is 11.9 Å². The average Bonchev–Trinajstić information content (AvgIpc) is 2.31. The Balaban J connectivity index is 2.61. The van der Waals surface area contributed by atoms with Crippen molar-refractivity contribution in [1.29, 1.82) is 0 Å². The van der Waals surface area contributed by atoms with Gasteiger partial charge in [0, 0.05) is 26.0 Å². The number of carboxylic acid groups (broad SMARTS) is 1. The van der Waals surface area contributed by atoms with Crippen LogP contribution in [-0.4, -0.2) is 40.6 Å². The van der Waals surface area contributed by atoms with E-state index in [4.69, 9.17) is 5.11 Å². The second kappa shape index (κ2) is 6.53. The normalized spacial score (nSPS) is 11.7. The average molecular weight is 363 g/mol.